The Morgan fingerprint density at radius 2 is 1.72 bits per heavy atom. The number of carbonyl (C=O) groups is 2. The molecule has 174 valence electrons. The van der Waals surface area contributed by atoms with Gasteiger partial charge in [0.2, 0.25) is 5.54 Å². The van der Waals surface area contributed by atoms with Gasteiger partial charge in [-0.2, -0.15) is 5.26 Å². The third-order valence-corrected chi connectivity index (χ3v) is 5.89. The van der Waals surface area contributed by atoms with E-state index in [1.807, 2.05) is 64.1 Å². The van der Waals surface area contributed by atoms with Crippen molar-refractivity contribution in [2.24, 2.45) is 0 Å². The molecule has 1 N–H and O–H groups in total. The van der Waals surface area contributed by atoms with Gasteiger partial charge >= 0.3 is 19.2 Å². The number of amides is 1. The highest BCUT2D eigenvalue weighted by atomic mass is 16.7. The summed E-state index contributed by atoms with van der Waals surface area (Å²) in [5, 5.41) is 12.2. The Morgan fingerprint density at radius 3 is 2.28 bits per heavy atom. The van der Waals surface area contributed by atoms with Crippen LogP contribution in [-0.4, -0.2) is 42.5 Å². The number of carbonyl (C=O) groups excluding carboxylic acids is 2. The molecule has 1 atom stereocenters. The van der Waals surface area contributed by atoms with Crippen LogP contribution in [0.15, 0.2) is 30.3 Å². The average molecular weight is 444 g/mol. The van der Waals surface area contributed by atoms with Crippen molar-refractivity contribution < 1.29 is 28.4 Å². The number of nitrogens with zero attached hydrogens (tertiary/aromatic N) is 1. The molecular weight excluding hydrogens is 411 g/mol. The molecule has 1 heterocycles. The van der Waals surface area contributed by atoms with E-state index in [0.29, 0.717) is 19.2 Å². The van der Waals surface area contributed by atoms with E-state index in [9.17, 15) is 14.9 Å². The molecule has 9 heteroatoms. The van der Waals surface area contributed by atoms with Gasteiger partial charge in [-0.15, -0.1) is 0 Å². The van der Waals surface area contributed by atoms with Crippen LogP contribution in [0.5, 0.6) is 0 Å². The van der Waals surface area contributed by atoms with E-state index in [4.69, 9.17) is 18.8 Å². The molecule has 1 aromatic carbocycles. The van der Waals surface area contributed by atoms with Crippen LogP contribution in [-0.2, 0) is 30.2 Å². The number of nitriles is 1. The molecule has 1 fully saturated rings. The minimum atomic E-state index is -1.82. The summed E-state index contributed by atoms with van der Waals surface area (Å²) in [6.07, 6.45) is 0.961. The minimum absolute atomic E-state index is 0.0267. The molecule has 1 saturated heterocycles. The summed E-state index contributed by atoms with van der Waals surface area (Å²) in [4.78, 5) is 24.9. The first-order chi connectivity index (χ1) is 15.0. The maximum absolute atomic E-state index is 12.6. The number of hydrogen-bond donors (Lipinski definition) is 1. The van der Waals surface area contributed by atoms with Gasteiger partial charge in [0.25, 0.3) is 0 Å². The Hall–Kier alpha value is -2.57. The fourth-order valence-electron chi connectivity index (χ4n) is 3.32. The van der Waals surface area contributed by atoms with Crippen molar-refractivity contribution >= 4 is 19.2 Å². The lowest BCUT2D eigenvalue weighted by atomic mass is 9.81. The van der Waals surface area contributed by atoms with Gasteiger partial charge in [0.05, 0.1) is 17.8 Å². The van der Waals surface area contributed by atoms with Gasteiger partial charge in [-0.05, 0) is 59.3 Å². The van der Waals surface area contributed by atoms with Crippen molar-refractivity contribution in [3.05, 3.63) is 35.9 Å². The van der Waals surface area contributed by atoms with Crippen LogP contribution < -0.4 is 5.32 Å². The zero-order chi connectivity index (χ0) is 23.8. The SMILES string of the molecule is CCOC(=O)C(C#N)(CCCCB1OC(C)(C)C(C)(C)O1)NC(=O)OCc1ccccc1. The molecule has 1 aliphatic heterocycles. The highest BCUT2D eigenvalue weighted by Gasteiger charge is 2.50. The normalized spacial score (nSPS) is 18.3. The van der Waals surface area contributed by atoms with E-state index in [1.54, 1.807) is 6.92 Å². The fraction of sp³-hybridized carbons (Fsp3) is 0.609. The first kappa shape index (κ1) is 25.7. The van der Waals surface area contributed by atoms with E-state index in [-0.39, 0.29) is 26.8 Å². The van der Waals surface area contributed by atoms with Gasteiger partial charge in [0.1, 0.15) is 12.7 Å². The molecule has 0 aliphatic carbocycles. The first-order valence-electron chi connectivity index (χ1n) is 11.0. The first-order valence-corrected chi connectivity index (χ1v) is 11.0. The number of benzene rings is 1. The summed E-state index contributed by atoms with van der Waals surface area (Å²) in [5.41, 5.74) is -1.85. The molecule has 2 rings (SSSR count). The molecule has 1 unspecified atom stereocenters. The van der Waals surface area contributed by atoms with Crippen molar-refractivity contribution in [1.82, 2.24) is 5.32 Å². The number of nitrogens with one attached hydrogen (secondary N) is 1. The predicted octanol–water partition coefficient (Wildman–Crippen LogP) is 4.00. The van der Waals surface area contributed by atoms with E-state index < -0.39 is 28.8 Å². The van der Waals surface area contributed by atoms with Gasteiger partial charge in [-0.1, -0.05) is 36.8 Å². The number of unbranched alkanes of at least 4 members (excludes halogenated alkanes) is 1. The van der Waals surface area contributed by atoms with Gasteiger partial charge in [-0.3, -0.25) is 5.32 Å². The fourth-order valence-corrected chi connectivity index (χ4v) is 3.32. The smallest absolute Gasteiger partial charge is 0.457 e. The van der Waals surface area contributed by atoms with Crippen LogP contribution in [0, 0.1) is 11.3 Å². The Balaban J connectivity index is 1.93. The maximum Gasteiger partial charge on any atom is 0.457 e. The Kier molecular flexibility index (Phi) is 8.70. The predicted molar refractivity (Wildman–Crippen MR) is 119 cm³/mol. The second-order valence-corrected chi connectivity index (χ2v) is 8.86. The second kappa shape index (κ2) is 10.8. The van der Waals surface area contributed by atoms with Crippen molar-refractivity contribution in [2.45, 2.75) is 83.5 Å². The third-order valence-electron chi connectivity index (χ3n) is 5.89. The van der Waals surface area contributed by atoms with Crippen LogP contribution in [0.1, 0.15) is 59.4 Å². The lowest BCUT2D eigenvalue weighted by molar-refractivity contribution is -0.148. The zero-order valence-corrected chi connectivity index (χ0v) is 19.6. The number of rotatable bonds is 10. The highest BCUT2D eigenvalue weighted by molar-refractivity contribution is 6.45. The van der Waals surface area contributed by atoms with Gasteiger partial charge in [0, 0.05) is 0 Å². The molecule has 0 aromatic heterocycles. The Morgan fingerprint density at radius 1 is 1.09 bits per heavy atom. The maximum atomic E-state index is 12.6. The standard InChI is InChI=1S/C23H33BN2O6/c1-6-29-19(27)23(17-25,26-20(28)30-16-18-12-8-7-9-13-18)14-10-11-15-24-31-21(2,3)22(4,5)32-24/h7-9,12-13H,6,10-11,14-16H2,1-5H3,(H,26,28). The molecule has 0 spiro atoms. The van der Waals surface area contributed by atoms with Crippen LogP contribution in [0.25, 0.3) is 0 Å². The Labute approximate surface area is 190 Å². The average Bonchev–Trinajstić information content (AvgIpc) is 2.95. The van der Waals surface area contributed by atoms with E-state index >= 15 is 0 Å². The Bertz CT molecular complexity index is 808. The van der Waals surface area contributed by atoms with E-state index in [0.717, 1.165) is 5.56 Å². The summed E-state index contributed by atoms with van der Waals surface area (Å²) in [5.74, 6) is -0.796. The monoisotopic (exact) mass is 444 g/mol. The molecule has 32 heavy (non-hydrogen) atoms. The van der Waals surface area contributed by atoms with Crippen molar-refractivity contribution in [3.63, 3.8) is 0 Å². The molecule has 1 amide bonds. The number of hydrogen-bond acceptors (Lipinski definition) is 7. The third kappa shape index (κ3) is 6.47. The van der Waals surface area contributed by atoms with Crippen LogP contribution in [0.4, 0.5) is 4.79 Å². The van der Waals surface area contributed by atoms with Crippen molar-refractivity contribution in [2.75, 3.05) is 6.61 Å². The van der Waals surface area contributed by atoms with E-state index in [2.05, 4.69) is 5.32 Å². The summed E-state index contributed by atoms with van der Waals surface area (Å²) in [7, 11) is -0.358. The second-order valence-electron chi connectivity index (χ2n) is 8.86. The number of esters is 1. The quantitative estimate of drug-likeness (QED) is 0.330. The van der Waals surface area contributed by atoms with Gasteiger partial charge in [0.15, 0.2) is 0 Å². The van der Waals surface area contributed by atoms with Crippen LogP contribution in [0.3, 0.4) is 0 Å². The summed E-state index contributed by atoms with van der Waals surface area (Å²) in [6.45, 7) is 9.71. The summed E-state index contributed by atoms with van der Waals surface area (Å²) in [6, 6.07) is 11.1. The summed E-state index contributed by atoms with van der Waals surface area (Å²) >= 11 is 0. The minimum Gasteiger partial charge on any atom is -0.463 e. The molecule has 0 saturated carbocycles. The largest absolute Gasteiger partial charge is 0.463 e. The molecule has 8 nitrogen and oxygen atoms in total. The lowest BCUT2D eigenvalue weighted by Gasteiger charge is -2.32. The summed E-state index contributed by atoms with van der Waals surface area (Å²) < 4.78 is 22.2. The van der Waals surface area contributed by atoms with Crippen LogP contribution >= 0.6 is 0 Å². The number of ether oxygens (including phenoxy) is 2. The molecule has 1 aromatic rings. The zero-order valence-electron chi connectivity index (χ0n) is 19.6. The van der Waals surface area contributed by atoms with Crippen LogP contribution in [0.2, 0.25) is 6.32 Å². The highest BCUT2D eigenvalue weighted by Crippen LogP contribution is 2.38. The van der Waals surface area contributed by atoms with E-state index in [1.165, 1.54) is 0 Å². The number of alkyl carbamates (subject to hydrolysis) is 1. The van der Waals surface area contributed by atoms with Crippen molar-refractivity contribution in [1.29, 1.82) is 5.26 Å². The van der Waals surface area contributed by atoms with Gasteiger partial charge < -0.3 is 18.8 Å². The molecular formula is C23H33BN2O6. The lowest BCUT2D eigenvalue weighted by Crippen LogP contribution is -2.54. The molecule has 1 aliphatic rings. The van der Waals surface area contributed by atoms with Crippen molar-refractivity contribution in [3.8, 4) is 6.07 Å². The molecule has 0 radical (unpaired) electrons. The molecule has 0 bridgehead atoms. The van der Waals surface area contributed by atoms with Gasteiger partial charge in [-0.25, -0.2) is 9.59 Å². The topological polar surface area (TPSA) is 107 Å².